The van der Waals surface area contributed by atoms with Crippen LogP contribution in [0.2, 0.25) is 5.02 Å². The Balaban J connectivity index is 1.76. The number of carbonyl (C=O) groups is 2. The molecule has 6 nitrogen and oxygen atoms in total. The van der Waals surface area contributed by atoms with E-state index < -0.39 is 0 Å². The van der Waals surface area contributed by atoms with Gasteiger partial charge in [-0.05, 0) is 29.3 Å². The molecular weight excluding hydrogens is 328 g/mol. The number of fused-ring (bicyclic) bond motifs is 1. The van der Waals surface area contributed by atoms with Gasteiger partial charge in [0.05, 0.1) is 5.02 Å². The zero-order chi connectivity index (χ0) is 16.7. The van der Waals surface area contributed by atoms with Crippen LogP contribution in [-0.4, -0.2) is 30.0 Å². The van der Waals surface area contributed by atoms with E-state index in [1.807, 2.05) is 24.3 Å². The number of hydrogen-bond acceptors (Lipinski definition) is 3. The Morgan fingerprint density at radius 1 is 1.21 bits per heavy atom. The predicted octanol–water partition coefficient (Wildman–Crippen LogP) is 2.74. The number of benzene rings is 1. The van der Waals surface area contributed by atoms with Gasteiger partial charge in [-0.2, -0.15) is 0 Å². The topological polar surface area (TPSA) is 74.3 Å². The second kappa shape index (κ2) is 5.79. The number of rotatable bonds is 2. The zero-order valence-electron chi connectivity index (χ0n) is 12.8. The maximum atomic E-state index is 12.2. The molecule has 0 spiro atoms. The number of halogens is 1. The van der Waals surface area contributed by atoms with Gasteiger partial charge in [0.15, 0.2) is 0 Å². The molecule has 2 aromatic rings. The fraction of sp³-hybridized carbons (Fsp3) is 0.235. The summed E-state index contributed by atoms with van der Waals surface area (Å²) in [4.78, 5) is 29.7. The largest absolute Gasteiger partial charge is 0.336 e. The Morgan fingerprint density at radius 3 is 2.83 bits per heavy atom. The van der Waals surface area contributed by atoms with E-state index in [2.05, 4.69) is 15.6 Å². The van der Waals surface area contributed by atoms with Gasteiger partial charge in [0, 0.05) is 49.2 Å². The molecule has 1 atom stereocenters. The smallest absolute Gasteiger partial charge is 0.321 e. The van der Waals surface area contributed by atoms with Gasteiger partial charge in [-0.15, -0.1) is 0 Å². The molecule has 24 heavy (non-hydrogen) atoms. The van der Waals surface area contributed by atoms with Gasteiger partial charge in [0.1, 0.15) is 0 Å². The van der Waals surface area contributed by atoms with Gasteiger partial charge in [-0.1, -0.05) is 17.7 Å². The molecule has 1 saturated heterocycles. The van der Waals surface area contributed by atoms with E-state index in [0.29, 0.717) is 24.5 Å². The van der Waals surface area contributed by atoms with Crippen molar-refractivity contribution in [3.63, 3.8) is 0 Å². The maximum Gasteiger partial charge on any atom is 0.321 e. The lowest BCUT2D eigenvalue weighted by atomic mass is 9.85. The summed E-state index contributed by atoms with van der Waals surface area (Å²) in [6, 6.07) is 7.43. The second-order valence-corrected chi connectivity index (χ2v) is 6.26. The Kier molecular flexibility index (Phi) is 3.61. The minimum Gasteiger partial charge on any atom is -0.336 e. The maximum absolute atomic E-state index is 12.2. The molecule has 3 amide bonds. The average Bonchev–Trinajstić information content (AvgIpc) is 3.00. The molecule has 1 aromatic carbocycles. The van der Waals surface area contributed by atoms with Gasteiger partial charge in [-0.25, -0.2) is 4.79 Å². The van der Waals surface area contributed by atoms with Gasteiger partial charge in [0.2, 0.25) is 5.91 Å². The van der Waals surface area contributed by atoms with E-state index in [0.717, 1.165) is 22.5 Å². The molecule has 2 aliphatic heterocycles. The normalized spacial score (nSPS) is 19.7. The van der Waals surface area contributed by atoms with Crippen molar-refractivity contribution >= 4 is 34.9 Å². The molecule has 7 heteroatoms. The molecule has 0 saturated carbocycles. The summed E-state index contributed by atoms with van der Waals surface area (Å²) in [6.07, 6.45) is 3.60. The van der Waals surface area contributed by atoms with E-state index in [9.17, 15) is 9.59 Å². The summed E-state index contributed by atoms with van der Waals surface area (Å²) in [5.74, 6) is -0.186. The molecule has 0 bridgehead atoms. The van der Waals surface area contributed by atoms with Crippen molar-refractivity contribution in [3.05, 3.63) is 52.8 Å². The summed E-state index contributed by atoms with van der Waals surface area (Å²) in [7, 11) is 0. The molecule has 1 aromatic heterocycles. The highest BCUT2D eigenvalue weighted by Crippen LogP contribution is 2.41. The van der Waals surface area contributed by atoms with Crippen LogP contribution in [-0.2, 0) is 4.79 Å². The first-order valence-electron chi connectivity index (χ1n) is 7.72. The number of nitrogens with zero attached hydrogens (tertiary/aromatic N) is 2. The molecule has 2 aliphatic rings. The summed E-state index contributed by atoms with van der Waals surface area (Å²) >= 11 is 6.27. The summed E-state index contributed by atoms with van der Waals surface area (Å²) < 4.78 is 0. The zero-order valence-corrected chi connectivity index (χ0v) is 13.5. The van der Waals surface area contributed by atoms with Gasteiger partial charge in [0.25, 0.3) is 0 Å². The number of hydrogen-bond donors (Lipinski definition) is 2. The van der Waals surface area contributed by atoms with Crippen LogP contribution in [0.15, 0.2) is 36.7 Å². The highest BCUT2D eigenvalue weighted by molar-refractivity contribution is 6.31. The number of amides is 3. The van der Waals surface area contributed by atoms with E-state index in [4.69, 9.17) is 11.6 Å². The lowest BCUT2D eigenvalue weighted by Gasteiger charge is -2.28. The third kappa shape index (κ3) is 2.49. The molecule has 0 radical (unpaired) electrons. The van der Waals surface area contributed by atoms with E-state index >= 15 is 0 Å². The quantitative estimate of drug-likeness (QED) is 0.881. The van der Waals surface area contributed by atoms with Crippen molar-refractivity contribution in [2.45, 2.75) is 12.3 Å². The molecular formula is C17H15ClN4O2. The number of aromatic nitrogens is 1. The Bertz CT molecular complexity index is 839. The highest BCUT2D eigenvalue weighted by Gasteiger charge is 2.29. The van der Waals surface area contributed by atoms with Crippen molar-refractivity contribution in [2.24, 2.45) is 0 Å². The first-order valence-corrected chi connectivity index (χ1v) is 8.10. The van der Waals surface area contributed by atoms with Gasteiger partial charge in [-0.3, -0.25) is 14.7 Å². The second-order valence-electron chi connectivity index (χ2n) is 5.86. The SMILES string of the molecule is O=C1CC(c2ccncc2Cl)c2ccc(N3CCNC3=O)cc2N1. The number of carbonyl (C=O) groups excluding carboxylic acids is 2. The molecule has 0 aliphatic carbocycles. The fourth-order valence-corrected chi connectivity index (χ4v) is 3.54. The van der Waals surface area contributed by atoms with Crippen LogP contribution in [0.1, 0.15) is 23.5 Å². The number of nitrogens with one attached hydrogen (secondary N) is 2. The first-order chi connectivity index (χ1) is 11.6. The average molecular weight is 343 g/mol. The van der Waals surface area contributed by atoms with Crippen molar-refractivity contribution in [3.8, 4) is 0 Å². The van der Waals surface area contributed by atoms with Crippen molar-refractivity contribution < 1.29 is 9.59 Å². The molecule has 1 unspecified atom stereocenters. The van der Waals surface area contributed by atoms with Crippen LogP contribution in [0, 0.1) is 0 Å². The van der Waals surface area contributed by atoms with Crippen LogP contribution < -0.4 is 15.5 Å². The lowest BCUT2D eigenvalue weighted by Crippen LogP contribution is -2.28. The third-order valence-corrected chi connectivity index (χ3v) is 4.74. The summed E-state index contributed by atoms with van der Waals surface area (Å²) in [6.45, 7) is 1.24. The Labute approximate surface area is 143 Å². The van der Waals surface area contributed by atoms with Crippen LogP contribution in [0.4, 0.5) is 16.2 Å². The predicted molar refractivity (Wildman–Crippen MR) is 91.5 cm³/mol. The number of pyridine rings is 1. The Hall–Kier alpha value is -2.60. The molecule has 3 heterocycles. The van der Waals surface area contributed by atoms with Crippen LogP contribution >= 0.6 is 11.6 Å². The molecule has 1 fully saturated rings. The minimum atomic E-state index is -0.120. The first kappa shape index (κ1) is 15.0. The third-order valence-electron chi connectivity index (χ3n) is 4.42. The number of anilines is 2. The monoisotopic (exact) mass is 342 g/mol. The van der Waals surface area contributed by atoms with Crippen LogP contribution in [0.5, 0.6) is 0 Å². The molecule has 122 valence electrons. The van der Waals surface area contributed by atoms with Crippen molar-refractivity contribution in [2.75, 3.05) is 23.3 Å². The standard InChI is InChI=1S/C17H15ClN4O2/c18-14-9-19-4-3-11(14)13-8-16(23)21-15-7-10(1-2-12(13)15)22-6-5-20-17(22)24/h1-4,7,9,13H,5-6,8H2,(H,20,24)(H,21,23). The Morgan fingerprint density at radius 2 is 2.08 bits per heavy atom. The highest BCUT2D eigenvalue weighted by atomic mass is 35.5. The van der Waals surface area contributed by atoms with E-state index in [1.54, 1.807) is 17.3 Å². The van der Waals surface area contributed by atoms with Crippen LogP contribution in [0.25, 0.3) is 0 Å². The summed E-state index contributed by atoms with van der Waals surface area (Å²) in [5.41, 5.74) is 3.37. The van der Waals surface area contributed by atoms with Crippen molar-refractivity contribution in [1.82, 2.24) is 10.3 Å². The number of urea groups is 1. The van der Waals surface area contributed by atoms with Crippen molar-refractivity contribution in [1.29, 1.82) is 0 Å². The lowest BCUT2D eigenvalue weighted by molar-refractivity contribution is -0.116. The van der Waals surface area contributed by atoms with Gasteiger partial charge >= 0.3 is 6.03 Å². The van der Waals surface area contributed by atoms with Gasteiger partial charge < -0.3 is 10.6 Å². The van der Waals surface area contributed by atoms with Crippen LogP contribution in [0.3, 0.4) is 0 Å². The van der Waals surface area contributed by atoms with E-state index in [1.165, 1.54) is 0 Å². The van der Waals surface area contributed by atoms with E-state index in [-0.39, 0.29) is 17.9 Å². The molecule has 4 rings (SSSR count). The molecule has 2 N–H and O–H groups in total. The fourth-order valence-electron chi connectivity index (χ4n) is 3.28. The summed E-state index contributed by atoms with van der Waals surface area (Å²) in [5, 5.41) is 6.22. The minimum absolute atomic E-state index is 0.0663.